The van der Waals surface area contributed by atoms with Gasteiger partial charge in [-0.1, -0.05) is 12.1 Å². The fraction of sp³-hybridized carbons (Fsp3) is 0.476. The van der Waals surface area contributed by atoms with E-state index in [1.54, 1.807) is 12.1 Å². The van der Waals surface area contributed by atoms with Crippen LogP contribution in [0.3, 0.4) is 0 Å². The van der Waals surface area contributed by atoms with Crippen molar-refractivity contribution in [1.29, 1.82) is 0 Å². The number of benzene rings is 1. The van der Waals surface area contributed by atoms with Crippen LogP contribution in [0.25, 0.3) is 0 Å². The Kier molecular flexibility index (Phi) is 5.01. The van der Waals surface area contributed by atoms with E-state index in [4.69, 9.17) is 4.74 Å². The maximum atomic E-state index is 13.1. The second kappa shape index (κ2) is 7.39. The Balaban J connectivity index is 1.70. The monoisotopic (exact) mass is 417 g/mol. The van der Waals surface area contributed by atoms with E-state index < -0.39 is 34.5 Å². The van der Waals surface area contributed by atoms with Crippen LogP contribution in [0.4, 0.5) is 4.39 Å². The number of rotatable bonds is 3. The first-order valence-electron chi connectivity index (χ1n) is 9.94. The summed E-state index contributed by atoms with van der Waals surface area (Å²) in [6.45, 7) is 4.75. The number of aromatic hydroxyl groups is 1. The lowest BCUT2D eigenvalue weighted by molar-refractivity contribution is -0.0704. The smallest absolute Gasteiger partial charge is 0.332 e. The zero-order valence-electron chi connectivity index (χ0n) is 16.9. The lowest BCUT2D eigenvalue weighted by Gasteiger charge is -2.36. The Morgan fingerprint density at radius 3 is 2.53 bits per heavy atom. The van der Waals surface area contributed by atoms with Crippen LogP contribution >= 0.6 is 0 Å². The third kappa shape index (κ3) is 3.54. The van der Waals surface area contributed by atoms with E-state index in [0.29, 0.717) is 25.0 Å². The number of carbonyl (C=O) groups is 1. The lowest BCUT2D eigenvalue weighted by Crippen LogP contribution is -2.52. The summed E-state index contributed by atoms with van der Waals surface area (Å²) in [7, 11) is 0. The molecule has 2 aliphatic rings. The summed E-state index contributed by atoms with van der Waals surface area (Å²) < 4.78 is 21.0. The second-order valence-corrected chi connectivity index (χ2v) is 8.41. The fourth-order valence-electron chi connectivity index (χ4n) is 4.26. The van der Waals surface area contributed by atoms with Gasteiger partial charge in [0.25, 0.3) is 11.5 Å². The molecule has 1 saturated heterocycles. The minimum atomic E-state index is -0.856. The molecule has 1 amide bonds. The highest BCUT2D eigenvalue weighted by atomic mass is 19.1. The summed E-state index contributed by atoms with van der Waals surface area (Å²) in [5.74, 6) is -1.69. The molecule has 2 aromatic rings. The molecule has 1 unspecified atom stereocenters. The highest BCUT2D eigenvalue weighted by Gasteiger charge is 2.36. The number of amides is 1. The summed E-state index contributed by atoms with van der Waals surface area (Å²) in [4.78, 5) is 40.4. The van der Waals surface area contributed by atoms with E-state index in [0.717, 1.165) is 4.57 Å². The van der Waals surface area contributed by atoms with Crippen LogP contribution in [-0.4, -0.2) is 43.8 Å². The molecule has 3 heterocycles. The molecule has 2 aliphatic heterocycles. The largest absolute Gasteiger partial charge is 0.501 e. The molecule has 1 aromatic carbocycles. The van der Waals surface area contributed by atoms with E-state index in [2.05, 4.69) is 0 Å². The van der Waals surface area contributed by atoms with Crippen LogP contribution in [-0.2, 0) is 17.8 Å². The van der Waals surface area contributed by atoms with Crippen LogP contribution in [0.2, 0.25) is 0 Å². The summed E-state index contributed by atoms with van der Waals surface area (Å²) in [6.07, 6.45) is 0.924. The van der Waals surface area contributed by atoms with E-state index in [-0.39, 0.29) is 31.1 Å². The summed E-state index contributed by atoms with van der Waals surface area (Å²) in [5.41, 5.74) is -1.53. The van der Waals surface area contributed by atoms with Crippen LogP contribution in [0, 0.1) is 5.82 Å². The molecule has 0 spiro atoms. The van der Waals surface area contributed by atoms with E-state index in [9.17, 15) is 23.9 Å². The molecule has 1 aromatic heterocycles. The van der Waals surface area contributed by atoms with Crippen LogP contribution in [0.5, 0.6) is 5.75 Å². The minimum absolute atomic E-state index is 0.154. The number of hydrogen-bond acceptors (Lipinski definition) is 5. The van der Waals surface area contributed by atoms with Crippen molar-refractivity contribution in [3.8, 4) is 5.75 Å². The second-order valence-electron chi connectivity index (χ2n) is 8.41. The Hall–Kier alpha value is -2.94. The van der Waals surface area contributed by atoms with Gasteiger partial charge in [0.05, 0.1) is 5.60 Å². The molecule has 1 fully saturated rings. The molecule has 1 atom stereocenters. The number of carbonyl (C=O) groups excluding carboxylic acids is 1. The van der Waals surface area contributed by atoms with Gasteiger partial charge in [0.1, 0.15) is 5.82 Å². The van der Waals surface area contributed by atoms with Crippen molar-refractivity contribution in [2.24, 2.45) is 0 Å². The first-order chi connectivity index (χ1) is 14.2. The van der Waals surface area contributed by atoms with Gasteiger partial charge in [0, 0.05) is 32.3 Å². The third-order valence-corrected chi connectivity index (χ3v) is 5.76. The van der Waals surface area contributed by atoms with Crippen molar-refractivity contribution < 1.29 is 19.0 Å². The average Bonchev–Trinajstić information content (AvgIpc) is 2.69. The van der Waals surface area contributed by atoms with Crippen molar-refractivity contribution in [3.63, 3.8) is 0 Å². The molecule has 4 rings (SSSR count). The maximum Gasteiger partial charge on any atom is 0.332 e. The van der Waals surface area contributed by atoms with Gasteiger partial charge in [0.2, 0.25) is 5.75 Å². The Bertz CT molecular complexity index is 1100. The molecule has 0 saturated carbocycles. The van der Waals surface area contributed by atoms with Gasteiger partial charge in [-0.25, -0.2) is 9.18 Å². The number of fused-ring (bicyclic) bond motifs is 1. The Morgan fingerprint density at radius 2 is 1.87 bits per heavy atom. The van der Waals surface area contributed by atoms with Crippen molar-refractivity contribution in [2.75, 3.05) is 13.2 Å². The summed E-state index contributed by atoms with van der Waals surface area (Å²) >= 11 is 0. The third-order valence-electron chi connectivity index (χ3n) is 5.76. The van der Waals surface area contributed by atoms with Crippen LogP contribution in [0.15, 0.2) is 33.9 Å². The first-order valence-corrected chi connectivity index (χ1v) is 9.94. The molecular weight excluding hydrogens is 393 g/mol. The molecular formula is C21H24FN3O5. The zero-order valence-corrected chi connectivity index (χ0v) is 16.9. The predicted molar refractivity (Wildman–Crippen MR) is 106 cm³/mol. The van der Waals surface area contributed by atoms with Crippen molar-refractivity contribution in [1.82, 2.24) is 14.0 Å². The number of nitrogens with zero attached hydrogens (tertiary/aromatic N) is 3. The number of aromatic nitrogens is 2. The SMILES string of the molecule is CC1(C)CC(n2c(=O)c(O)c3n(c2=O)CCN(Cc2ccc(F)cc2)C3=O)CCO1. The molecule has 1 N–H and O–H groups in total. The number of halogens is 1. The standard InChI is InChI=1S/C21H24FN3O5/c1-21(2)11-15(7-10-30-21)25-19(28)17(26)16-18(27)23(8-9-24(16)20(25)29)12-13-3-5-14(22)6-4-13/h3-6,15,26H,7-12H2,1-2H3. The van der Waals surface area contributed by atoms with Gasteiger partial charge < -0.3 is 14.7 Å². The Labute approximate surface area is 172 Å². The van der Waals surface area contributed by atoms with Crippen molar-refractivity contribution in [3.05, 3.63) is 62.2 Å². The van der Waals surface area contributed by atoms with Crippen molar-refractivity contribution >= 4 is 5.91 Å². The molecule has 160 valence electrons. The van der Waals surface area contributed by atoms with Gasteiger partial charge in [-0.15, -0.1) is 0 Å². The average molecular weight is 417 g/mol. The van der Waals surface area contributed by atoms with E-state index in [1.807, 2.05) is 13.8 Å². The lowest BCUT2D eigenvalue weighted by atomic mass is 9.93. The van der Waals surface area contributed by atoms with E-state index >= 15 is 0 Å². The molecule has 9 heteroatoms. The van der Waals surface area contributed by atoms with Gasteiger partial charge >= 0.3 is 5.69 Å². The Morgan fingerprint density at radius 1 is 1.17 bits per heavy atom. The topological polar surface area (TPSA) is 93.8 Å². The van der Waals surface area contributed by atoms with Crippen LogP contribution in [0.1, 0.15) is 48.8 Å². The van der Waals surface area contributed by atoms with Crippen LogP contribution < -0.4 is 11.2 Å². The molecule has 0 aliphatic carbocycles. The quantitative estimate of drug-likeness (QED) is 0.820. The minimum Gasteiger partial charge on any atom is -0.501 e. The molecule has 8 nitrogen and oxygen atoms in total. The highest BCUT2D eigenvalue weighted by Crippen LogP contribution is 2.31. The maximum absolute atomic E-state index is 13.1. The first kappa shape index (κ1) is 20.3. The van der Waals surface area contributed by atoms with Gasteiger partial charge in [-0.2, -0.15) is 0 Å². The fourth-order valence-corrected chi connectivity index (χ4v) is 4.26. The number of ether oxygens (including phenoxy) is 1. The normalized spacial score (nSPS) is 20.8. The molecule has 0 bridgehead atoms. The number of hydrogen-bond donors (Lipinski definition) is 1. The van der Waals surface area contributed by atoms with E-state index in [1.165, 1.54) is 21.6 Å². The molecule has 0 radical (unpaired) electrons. The zero-order chi connectivity index (χ0) is 21.6. The predicted octanol–water partition coefficient (Wildman–Crippen LogP) is 1.64. The summed E-state index contributed by atoms with van der Waals surface area (Å²) in [6, 6.07) is 5.32. The molecule has 30 heavy (non-hydrogen) atoms. The van der Waals surface area contributed by atoms with Crippen molar-refractivity contribution in [2.45, 2.75) is 51.4 Å². The van der Waals surface area contributed by atoms with Gasteiger partial charge in [0.15, 0.2) is 5.69 Å². The van der Waals surface area contributed by atoms with Gasteiger partial charge in [-0.3, -0.25) is 18.7 Å². The summed E-state index contributed by atoms with van der Waals surface area (Å²) in [5, 5.41) is 10.6. The highest BCUT2D eigenvalue weighted by molar-refractivity contribution is 5.95. The van der Waals surface area contributed by atoms with Gasteiger partial charge in [-0.05, 0) is 44.4 Å².